The highest BCUT2D eigenvalue weighted by Gasteiger charge is 2.22. The van der Waals surface area contributed by atoms with Gasteiger partial charge in [-0.3, -0.25) is 9.89 Å². The normalized spacial score (nSPS) is 16.4. The van der Waals surface area contributed by atoms with E-state index in [4.69, 9.17) is 0 Å². The van der Waals surface area contributed by atoms with Gasteiger partial charge in [0.15, 0.2) is 0 Å². The van der Waals surface area contributed by atoms with E-state index in [0.29, 0.717) is 5.69 Å². The summed E-state index contributed by atoms with van der Waals surface area (Å²) >= 11 is 0. The summed E-state index contributed by atoms with van der Waals surface area (Å²) in [6.45, 7) is 0. The molecule has 2 aromatic carbocycles. The predicted molar refractivity (Wildman–Crippen MR) is 93.6 cm³/mol. The van der Waals surface area contributed by atoms with E-state index in [1.807, 2.05) is 36.4 Å². The third-order valence-electron chi connectivity index (χ3n) is 4.57. The van der Waals surface area contributed by atoms with Gasteiger partial charge in [-0.25, -0.2) is 0 Å². The van der Waals surface area contributed by atoms with Crippen LogP contribution in [-0.2, 0) is 6.42 Å². The summed E-state index contributed by atoms with van der Waals surface area (Å²) in [6, 6.07) is 20.1. The Morgan fingerprint density at radius 2 is 1.88 bits per heavy atom. The molecule has 1 aliphatic rings. The van der Waals surface area contributed by atoms with Crippen LogP contribution in [0, 0.1) is 0 Å². The monoisotopic (exact) mass is 317 g/mol. The minimum atomic E-state index is -0.105. The largest absolute Gasteiger partial charge is 0.344 e. The second-order valence-electron chi connectivity index (χ2n) is 6.15. The van der Waals surface area contributed by atoms with Crippen LogP contribution in [0.2, 0.25) is 0 Å². The van der Waals surface area contributed by atoms with Gasteiger partial charge in [0.1, 0.15) is 5.69 Å². The van der Waals surface area contributed by atoms with Crippen molar-refractivity contribution in [3.05, 3.63) is 77.5 Å². The summed E-state index contributed by atoms with van der Waals surface area (Å²) in [4.78, 5) is 12.6. The van der Waals surface area contributed by atoms with Gasteiger partial charge in [-0.05, 0) is 36.5 Å². The van der Waals surface area contributed by atoms with Crippen molar-refractivity contribution >= 4 is 5.91 Å². The number of aromatic nitrogens is 2. The molecule has 1 atom stereocenters. The molecule has 0 bridgehead atoms. The number of hydrogen-bond donors (Lipinski definition) is 2. The molecular formula is C20H19N3O. The number of rotatable bonds is 3. The minimum Gasteiger partial charge on any atom is -0.344 e. The summed E-state index contributed by atoms with van der Waals surface area (Å²) in [5.74, 6) is -0.105. The van der Waals surface area contributed by atoms with Crippen LogP contribution >= 0.6 is 0 Å². The van der Waals surface area contributed by atoms with Gasteiger partial charge >= 0.3 is 0 Å². The Hall–Kier alpha value is -2.88. The van der Waals surface area contributed by atoms with Gasteiger partial charge in [-0.15, -0.1) is 0 Å². The van der Waals surface area contributed by atoms with Crippen LogP contribution in [-0.4, -0.2) is 16.1 Å². The van der Waals surface area contributed by atoms with Crippen LogP contribution in [0.4, 0.5) is 0 Å². The second-order valence-corrected chi connectivity index (χ2v) is 6.15. The maximum absolute atomic E-state index is 12.6. The van der Waals surface area contributed by atoms with Crippen LogP contribution in [0.25, 0.3) is 11.3 Å². The van der Waals surface area contributed by atoms with E-state index in [1.54, 1.807) is 6.07 Å². The first-order valence-electron chi connectivity index (χ1n) is 8.31. The van der Waals surface area contributed by atoms with Gasteiger partial charge in [-0.2, -0.15) is 5.10 Å². The zero-order valence-corrected chi connectivity index (χ0v) is 13.3. The summed E-state index contributed by atoms with van der Waals surface area (Å²) < 4.78 is 0. The van der Waals surface area contributed by atoms with Crippen LogP contribution < -0.4 is 5.32 Å². The molecule has 120 valence electrons. The first-order chi connectivity index (χ1) is 11.8. The molecule has 0 fully saturated rings. The summed E-state index contributed by atoms with van der Waals surface area (Å²) in [5, 5.41) is 10.3. The quantitative estimate of drug-likeness (QED) is 0.770. The number of carbonyl (C=O) groups is 1. The predicted octanol–water partition coefficient (Wildman–Crippen LogP) is 3.88. The third kappa shape index (κ3) is 2.83. The van der Waals surface area contributed by atoms with Crippen molar-refractivity contribution in [1.82, 2.24) is 15.5 Å². The third-order valence-corrected chi connectivity index (χ3v) is 4.57. The van der Waals surface area contributed by atoms with Gasteiger partial charge in [-0.1, -0.05) is 54.6 Å². The lowest BCUT2D eigenvalue weighted by Gasteiger charge is -2.26. The first kappa shape index (κ1) is 14.7. The first-order valence-corrected chi connectivity index (χ1v) is 8.31. The maximum atomic E-state index is 12.6. The average Bonchev–Trinajstić information content (AvgIpc) is 3.13. The molecule has 24 heavy (non-hydrogen) atoms. The Labute approximate surface area is 140 Å². The fourth-order valence-electron chi connectivity index (χ4n) is 3.33. The standard InChI is InChI=1S/C20H19N3O/c24-20(19-13-18(22-23-19)15-8-2-1-3-9-15)21-17-12-6-10-14-7-4-5-11-16(14)17/h1-5,7-9,11,13,17H,6,10,12H2,(H,21,24)(H,22,23). The number of H-pyrrole nitrogens is 1. The number of aryl methyl sites for hydroxylation is 1. The molecule has 0 saturated heterocycles. The molecule has 4 nitrogen and oxygen atoms in total. The molecule has 0 aliphatic heterocycles. The van der Waals surface area contributed by atoms with Crippen molar-refractivity contribution in [2.75, 3.05) is 0 Å². The van der Waals surface area contributed by atoms with Crippen molar-refractivity contribution in [3.8, 4) is 11.3 Å². The number of nitrogens with one attached hydrogen (secondary N) is 2. The number of aromatic amines is 1. The summed E-state index contributed by atoms with van der Waals surface area (Å²) in [5.41, 5.74) is 4.85. The molecule has 3 aromatic rings. The fraction of sp³-hybridized carbons (Fsp3) is 0.200. The Morgan fingerprint density at radius 1 is 1.08 bits per heavy atom. The van der Waals surface area contributed by atoms with Crippen LogP contribution in [0.5, 0.6) is 0 Å². The number of carbonyl (C=O) groups excluding carboxylic acids is 1. The topological polar surface area (TPSA) is 57.8 Å². The van der Waals surface area contributed by atoms with E-state index in [2.05, 4.69) is 33.7 Å². The second kappa shape index (κ2) is 6.32. The van der Waals surface area contributed by atoms with Crippen LogP contribution in [0.15, 0.2) is 60.7 Å². The van der Waals surface area contributed by atoms with E-state index in [-0.39, 0.29) is 11.9 Å². The molecule has 4 heteroatoms. The Kier molecular flexibility index (Phi) is 3.87. The van der Waals surface area contributed by atoms with E-state index in [9.17, 15) is 4.79 Å². The SMILES string of the molecule is O=C(NC1CCCc2ccccc21)c1cc(-c2ccccc2)n[nH]1. The summed E-state index contributed by atoms with van der Waals surface area (Å²) in [7, 11) is 0. The molecule has 1 amide bonds. The van der Waals surface area contributed by atoms with Crippen molar-refractivity contribution < 1.29 is 4.79 Å². The van der Waals surface area contributed by atoms with Crippen molar-refractivity contribution in [2.24, 2.45) is 0 Å². The smallest absolute Gasteiger partial charge is 0.269 e. The number of fused-ring (bicyclic) bond motifs is 1. The van der Waals surface area contributed by atoms with E-state index in [0.717, 1.165) is 30.5 Å². The van der Waals surface area contributed by atoms with Crippen molar-refractivity contribution in [3.63, 3.8) is 0 Å². The molecule has 1 unspecified atom stereocenters. The Bertz CT molecular complexity index is 854. The van der Waals surface area contributed by atoms with E-state index >= 15 is 0 Å². The van der Waals surface area contributed by atoms with Gasteiger partial charge < -0.3 is 5.32 Å². The Balaban J connectivity index is 1.53. The summed E-state index contributed by atoms with van der Waals surface area (Å²) in [6.07, 6.45) is 3.16. The van der Waals surface area contributed by atoms with Gasteiger partial charge in [0, 0.05) is 5.56 Å². The highest BCUT2D eigenvalue weighted by Crippen LogP contribution is 2.29. The molecule has 0 spiro atoms. The number of nitrogens with zero attached hydrogens (tertiary/aromatic N) is 1. The fourth-order valence-corrected chi connectivity index (χ4v) is 3.33. The molecule has 2 N–H and O–H groups in total. The molecule has 1 heterocycles. The molecule has 1 aliphatic carbocycles. The molecule has 4 rings (SSSR count). The zero-order valence-electron chi connectivity index (χ0n) is 13.3. The lowest BCUT2D eigenvalue weighted by molar-refractivity contribution is 0.0927. The Morgan fingerprint density at radius 3 is 2.75 bits per heavy atom. The highest BCUT2D eigenvalue weighted by atomic mass is 16.2. The number of hydrogen-bond acceptors (Lipinski definition) is 2. The van der Waals surface area contributed by atoms with Gasteiger partial charge in [0.25, 0.3) is 5.91 Å². The highest BCUT2D eigenvalue weighted by molar-refractivity contribution is 5.93. The van der Waals surface area contributed by atoms with Gasteiger partial charge in [0.2, 0.25) is 0 Å². The van der Waals surface area contributed by atoms with E-state index < -0.39 is 0 Å². The lowest BCUT2D eigenvalue weighted by Crippen LogP contribution is -2.31. The maximum Gasteiger partial charge on any atom is 0.269 e. The molecule has 1 aromatic heterocycles. The lowest BCUT2D eigenvalue weighted by atomic mass is 9.87. The minimum absolute atomic E-state index is 0.0749. The van der Waals surface area contributed by atoms with Crippen LogP contribution in [0.3, 0.4) is 0 Å². The molecular weight excluding hydrogens is 298 g/mol. The van der Waals surface area contributed by atoms with Crippen LogP contribution in [0.1, 0.15) is 40.5 Å². The van der Waals surface area contributed by atoms with Crippen molar-refractivity contribution in [1.29, 1.82) is 0 Å². The van der Waals surface area contributed by atoms with Gasteiger partial charge in [0.05, 0.1) is 11.7 Å². The molecule has 0 radical (unpaired) electrons. The molecule has 0 saturated carbocycles. The average molecular weight is 317 g/mol. The number of amides is 1. The number of benzene rings is 2. The zero-order chi connectivity index (χ0) is 16.4. The van der Waals surface area contributed by atoms with E-state index in [1.165, 1.54) is 11.1 Å². The van der Waals surface area contributed by atoms with Crippen molar-refractivity contribution in [2.45, 2.75) is 25.3 Å².